The molecule has 146 valence electrons. The summed E-state index contributed by atoms with van der Waals surface area (Å²) in [5.74, 6) is -0.887. The van der Waals surface area contributed by atoms with E-state index in [0.29, 0.717) is 28.4 Å². The Bertz CT molecular complexity index is 813. The largest absolute Gasteiger partial charge is 0.492 e. The minimum Gasteiger partial charge on any atom is -0.492 e. The van der Waals surface area contributed by atoms with Crippen LogP contribution in [0.15, 0.2) is 36.4 Å². The molecule has 9 heteroatoms. The van der Waals surface area contributed by atoms with E-state index in [2.05, 4.69) is 5.32 Å². The lowest BCUT2D eigenvalue weighted by Crippen LogP contribution is -2.22. The molecule has 0 aliphatic rings. The quantitative estimate of drug-likeness (QED) is 0.356. The van der Waals surface area contributed by atoms with Crippen molar-refractivity contribution in [3.8, 4) is 5.75 Å². The number of nitrogen functional groups attached to an aromatic ring is 1. The van der Waals surface area contributed by atoms with E-state index in [9.17, 15) is 9.90 Å². The lowest BCUT2D eigenvalue weighted by molar-refractivity contribution is -0.138. The molecule has 2 rings (SSSR count). The second-order valence-electron chi connectivity index (χ2n) is 5.56. The number of anilines is 1. The van der Waals surface area contributed by atoms with Crippen molar-refractivity contribution in [3.63, 3.8) is 0 Å². The zero-order chi connectivity index (χ0) is 19.3. The summed E-state index contributed by atoms with van der Waals surface area (Å²) in [6.45, 7) is 2.33. The Kier molecular flexibility index (Phi) is 8.69. The van der Waals surface area contributed by atoms with Gasteiger partial charge in [0.05, 0.1) is 11.6 Å². The van der Waals surface area contributed by atoms with Crippen LogP contribution in [0.3, 0.4) is 0 Å². The SMILES string of the molecule is CCCOc1c(Cl)cc(Cl)cc1C(Nc1ccc(C(=N)N)cc1)C(=O)O.Cl. The third kappa shape index (κ3) is 5.92. The Morgan fingerprint density at radius 1 is 1.30 bits per heavy atom. The van der Waals surface area contributed by atoms with Gasteiger partial charge >= 0.3 is 5.97 Å². The molecule has 0 fully saturated rings. The average molecular weight is 433 g/mol. The second-order valence-corrected chi connectivity index (χ2v) is 6.40. The summed E-state index contributed by atoms with van der Waals surface area (Å²) in [5.41, 5.74) is 6.84. The van der Waals surface area contributed by atoms with E-state index in [4.69, 9.17) is 39.1 Å². The molecule has 0 heterocycles. The molecule has 0 saturated carbocycles. The Balaban J connectivity index is 0.00000364. The van der Waals surface area contributed by atoms with Crippen LogP contribution in [0.2, 0.25) is 10.0 Å². The monoisotopic (exact) mass is 431 g/mol. The van der Waals surface area contributed by atoms with Gasteiger partial charge in [-0.3, -0.25) is 5.41 Å². The van der Waals surface area contributed by atoms with Crippen molar-refractivity contribution in [1.29, 1.82) is 5.41 Å². The van der Waals surface area contributed by atoms with Crippen LogP contribution in [-0.4, -0.2) is 23.5 Å². The van der Waals surface area contributed by atoms with Gasteiger partial charge in [-0.15, -0.1) is 12.4 Å². The van der Waals surface area contributed by atoms with E-state index in [1.54, 1.807) is 24.3 Å². The number of hydrogen-bond donors (Lipinski definition) is 4. The highest BCUT2D eigenvalue weighted by Gasteiger charge is 2.26. The third-order valence-corrected chi connectivity index (χ3v) is 4.05. The van der Waals surface area contributed by atoms with Gasteiger partial charge in [-0.25, -0.2) is 4.79 Å². The first-order chi connectivity index (χ1) is 12.3. The molecule has 2 aromatic carbocycles. The molecule has 5 N–H and O–H groups in total. The van der Waals surface area contributed by atoms with E-state index in [-0.39, 0.29) is 29.0 Å². The molecule has 0 aromatic heterocycles. The topological polar surface area (TPSA) is 108 Å². The van der Waals surface area contributed by atoms with Gasteiger partial charge in [-0.2, -0.15) is 0 Å². The Morgan fingerprint density at radius 2 is 1.93 bits per heavy atom. The number of hydrogen-bond acceptors (Lipinski definition) is 4. The summed E-state index contributed by atoms with van der Waals surface area (Å²) in [6, 6.07) is 8.45. The second kappa shape index (κ2) is 10.3. The van der Waals surface area contributed by atoms with Gasteiger partial charge in [0.2, 0.25) is 0 Å². The van der Waals surface area contributed by atoms with E-state index in [1.807, 2.05) is 6.92 Å². The standard InChI is InChI=1S/C18H19Cl2N3O3.ClH/c1-2-7-26-16-13(8-11(19)9-14(16)20)15(18(24)25)23-12-5-3-10(4-6-12)17(21)22;/h3-6,8-9,15,23H,2,7H2,1H3,(H3,21,22)(H,24,25);1H. The maximum atomic E-state index is 11.9. The highest BCUT2D eigenvalue weighted by molar-refractivity contribution is 6.35. The van der Waals surface area contributed by atoms with Gasteiger partial charge in [-0.1, -0.05) is 30.1 Å². The van der Waals surface area contributed by atoms with Crippen LogP contribution >= 0.6 is 35.6 Å². The Hall–Kier alpha value is -2.15. The maximum Gasteiger partial charge on any atom is 0.330 e. The zero-order valence-electron chi connectivity index (χ0n) is 14.5. The van der Waals surface area contributed by atoms with Gasteiger partial charge in [0.15, 0.2) is 6.04 Å². The molecule has 1 unspecified atom stereocenters. The predicted octanol–water partition coefficient (Wildman–Crippen LogP) is 4.73. The molecular formula is C18H20Cl3N3O3. The highest BCUT2D eigenvalue weighted by Crippen LogP contribution is 2.37. The lowest BCUT2D eigenvalue weighted by Gasteiger charge is -2.21. The minimum absolute atomic E-state index is 0. The van der Waals surface area contributed by atoms with Crippen molar-refractivity contribution < 1.29 is 14.6 Å². The average Bonchev–Trinajstić information content (AvgIpc) is 2.58. The van der Waals surface area contributed by atoms with Gasteiger partial charge < -0.3 is 20.9 Å². The predicted molar refractivity (Wildman–Crippen MR) is 111 cm³/mol. The van der Waals surface area contributed by atoms with E-state index < -0.39 is 12.0 Å². The summed E-state index contributed by atoms with van der Waals surface area (Å²) in [6.07, 6.45) is 0.746. The summed E-state index contributed by atoms with van der Waals surface area (Å²) in [7, 11) is 0. The molecule has 27 heavy (non-hydrogen) atoms. The van der Waals surface area contributed by atoms with Crippen LogP contribution in [-0.2, 0) is 4.79 Å². The van der Waals surface area contributed by atoms with Crippen molar-refractivity contribution in [3.05, 3.63) is 57.6 Å². The lowest BCUT2D eigenvalue weighted by atomic mass is 10.0. The molecule has 6 nitrogen and oxygen atoms in total. The molecule has 0 bridgehead atoms. The first-order valence-electron chi connectivity index (χ1n) is 7.89. The number of nitrogens with one attached hydrogen (secondary N) is 2. The fourth-order valence-corrected chi connectivity index (χ4v) is 2.90. The van der Waals surface area contributed by atoms with Crippen LogP contribution in [0.1, 0.15) is 30.5 Å². The molecule has 0 amide bonds. The normalized spacial score (nSPS) is 11.2. The number of amidine groups is 1. The Labute approximate surface area is 173 Å². The molecule has 1 atom stereocenters. The van der Waals surface area contributed by atoms with Crippen LogP contribution < -0.4 is 15.8 Å². The molecule has 0 radical (unpaired) electrons. The van der Waals surface area contributed by atoms with E-state index in [1.165, 1.54) is 12.1 Å². The number of nitrogens with two attached hydrogens (primary N) is 1. The van der Waals surface area contributed by atoms with Crippen LogP contribution in [0.4, 0.5) is 5.69 Å². The maximum absolute atomic E-state index is 11.9. The van der Waals surface area contributed by atoms with Gasteiger partial charge in [-0.05, 0) is 42.8 Å². The number of carboxylic acids is 1. The van der Waals surface area contributed by atoms with Crippen molar-refractivity contribution in [1.82, 2.24) is 0 Å². The summed E-state index contributed by atoms with van der Waals surface area (Å²) < 4.78 is 5.65. The number of carbonyl (C=O) groups is 1. The summed E-state index contributed by atoms with van der Waals surface area (Å²) in [4.78, 5) is 11.9. The number of ether oxygens (including phenoxy) is 1. The molecule has 0 saturated heterocycles. The fraction of sp³-hybridized carbons (Fsp3) is 0.222. The minimum atomic E-state index is -1.12. The van der Waals surface area contributed by atoms with E-state index in [0.717, 1.165) is 6.42 Å². The van der Waals surface area contributed by atoms with Crippen molar-refractivity contribution in [2.24, 2.45) is 5.73 Å². The zero-order valence-corrected chi connectivity index (χ0v) is 16.8. The summed E-state index contributed by atoms with van der Waals surface area (Å²) in [5, 5.41) is 20.6. The van der Waals surface area contributed by atoms with Gasteiger partial charge in [0.1, 0.15) is 11.6 Å². The van der Waals surface area contributed by atoms with Gasteiger partial charge in [0.25, 0.3) is 0 Å². The summed E-state index contributed by atoms with van der Waals surface area (Å²) >= 11 is 12.3. The molecule has 0 aliphatic heterocycles. The fourth-order valence-electron chi connectivity index (χ4n) is 2.34. The van der Waals surface area contributed by atoms with Crippen LogP contribution in [0.5, 0.6) is 5.75 Å². The first kappa shape index (κ1) is 22.9. The third-order valence-electron chi connectivity index (χ3n) is 3.55. The van der Waals surface area contributed by atoms with Crippen LogP contribution in [0.25, 0.3) is 0 Å². The smallest absolute Gasteiger partial charge is 0.330 e. The molecular weight excluding hydrogens is 413 g/mol. The first-order valence-corrected chi connectivity index (χ1v) is 8.64. The number of aliphatic carboxylic acids is 1. The molecule has 2 aromatic rings. The van der Waals surface area contributed by atoms with Gasteiger partial charge in [0, 0.05) is 21.8 Å². The van der Waals surface area contributed by atoms with Crippen LogP contribution in [0, 0.1) is 5.41 Å². The number of carboxylic acid groups (broad SMARTS) is 1. The molecule has 0 aliphatic carbocycles. The number of halogens is 3. The Morgan fingerprint density at radius 3 is 2.44 bits per heavy atom. The number of benzene rings is 2. The van der Waals surface area contributed by atoms with Crippen molar-refractivity contribution in [2.45, 2.75) is 19.4 Å². The van der Waals surface area contributed by atoms with E-state index >= 15 is 0 Å². The highest BCUT2D eigenvalue weighted by atomic mass is 35.5. The number of rotatable bonds is 8. The van der Waals surface area contributed by atoms with Crippen molar-refractivity contribution >= 4 is 53.1 Å². The molecule has 0 spiro atoms. The van der Waals surface area contributed by atoms with Crippen molar-refractivity contribution in [2.75, 3.05) is 11.9 Å².